The SMILES string of the molecule is CN1CCC(N(C)C2=C(c3cccs3)C(=O)N(Cc3ccccc3)C2=O)CC1. The molecule has 0 N–H and O–H groups in total. The lowest BCUT2D eigenvalue weighted by Gasteiger charge is -2.36. The first kappa shape index (κ1) is 18.9. The Morgan fingerprint density at radius 1 is 1.04 bits per heavy atom. The number of thiophene rings is 1. The summed E-state index contributed by atoms with van der Waals surface area (Å²) in [7, 11) is 4.09. The highest BCUT2D eigenvalue weighted by Crippen LogP contribution is 2.36. The summed E-state index contributed by atoms with van der Waals surface area (Å²) in [4.78, 5) is 33.3. The van der Waals surface area contributed by atoms with Gasteiger partial charge in [-0.2, -0.15) is 0 Å². The quantitative estimate of drug-likeness (QED) is 0.730. The van der Waals surface area contributed by atoms with Crippen LogP contribution in [-0.4, -0.2) is 59.7 Å². The molecule has 2 aliphatic rings. The van der Waals surface area contributed by atoms with Crippen molar-refractivity contribution in [2.24, 2.45) is 0 Å². The molecule has 0 atom stereocenters. The predicted octanol–water partition coefficient (Wildman–Crippen LogP) is 3.05. The average Bonchev–Trinajstić information content (AvgIpc) is 3.31. The second kappa shape index (κ2) is 7.89. The smallest absolute Gasteiger partial charge is 0.278 e. The summed E-state index contributed by atoms with van der Waals surface area (Å²) in [5.41, 5.74) is 2.06. The summed E-state index contributed by atoms with van der Waals surface area (Å²) in [5.74, 6) is -0.371. The van der Waals surface area contributed by atoms with Crippen LogP contribution in [0.3, 0.4) is 0 Å². The summed E-state index contributed by atoms with van der Waals surface area (Å²) < 4.78 is 0. The van der Waals surface area contributed by atoms with Gasteiger partial charge in [-0.1, -0.05) is 36.4 Å². The van der Waals surface area contributed by atoms with Crippen molar-refractivity contribution in [3.63, 3.8) is 0 Å². The Kier molecular flexibility index (Phi) is 5.33. The third-order valence-corrected chi connectivity index (χ3v) is 6.57. The van der Waals surface area contributed by atoms with Gasteiger partial charge in [-0.3, -0.25) is 14.5 Å². The number of benzene rings is 1. The fourth-order valence-electron chi connectivity index (χ4n) is 4.01. The van der Waals surface area contributed by atoms with Crippen LogP contribution < -0.4 is 0 Å². The van der Waals surface area contributed by atoms with Gasteiger partial charge < -0.3 is 9.80 Å². The van der Waals surface area contributed by atoms with Crippen molar-refractivity contribution in [3.05, 3.63) is 64.0 Å². The molecule has 6 heteroatoms. The standard InChI is InChI=1S/C22H25N3O2S/c1-23-12-10-17(11-13-23)24(2)20-19(18-9-6-14-28-18)21(26)25(22(20)27)15-16-7-4-3-5-8-16/h3-9,14,17H,10-13,15H2,1-2H3. The van der Waals surface area contributed by atoms with Gasteiger partial charge >= 0.3 is 0 Å². The molecule has 1 saturated heterocycles. The zero-order chi connectivity index (χ0) is 19.7. The van der Waals surface area contributed by atoms with Gasteiger partial charge in [0, 0.05) is 18.0 Å². The molecule has 1 aromatic carbocycles. The van der Waals surface area contributed by atoms with Crippen LogP contribution in [0.2, 0.25) is 0 Å². The molecule has 0 spiro atoms. The highest BCUT2D eigenvalue weighted by atomic mass is 32.1. The second-order valence-electron chi connectivity index (χ2n) is 7.53. The van der Waals surface area contributed by atoms with E-state index >= 15 is 0 Å². The van der Waals surface area contributed by atoms with Gasteiger partial charge in [0.2, 0.25) is 0 Å². The van der Waals surface area contributed by atoms with Crippen molar-refractivity contribution < 1.29 is 9.59 Å². The third kappa shape index (κ3) is 3.50. The number of hydrogen-bond acceptors (Lipinski definition) is 5. The molecule has 2 aliphatic heterocycles. The first-order valence-electron chi connectivity index (χ1n) is 9.66. The molecule has 0 unspecified atom stereocenters. The van der Waals surface area contributed by atoms with Crippen LogP contribution >= 0.6 is 11.3 Å². The Balaban J connectivity index is 1.67. The summed E-state index contributed by atoms with van der Waals surface area (Å²) in [6, 6.07) is 13.8. The lowest BCUT2D eigenvalue weighted by molar-refractivity contribution is -0.138. The van der Waals surface area contributed by atoms with Crippen LogP contribution in [0.25, 0.3) is 5.57 Å². The van der Waals surface area contributed by atoms with E-state index in [2.05, 4.69) is 16.8 Å². The number of piperidine rings is 1. The van der Waals surface area contributed by atoms with E-state index in [1.807, 2.05) is 54.9 Å². The van der Waals surface area contributed by atoms with E-state index in [1.165, 1.54) is 16.2 Å². The number of rotatable bonds is 5. The number of hydrogen-bond donors (Lipinski definition) is 0. The van der Waals surface area contributed by atoms with Gasteiger partial charge in [0.25, 0.3) is 11.8 Å². The molecule has 0 saturated carbocycles. The Labute approximate surface area is 169 Å². The number of imide groups is 1. The molecule has 2 amide bonds. The molecule has 1 fully saturated rings. The number of nitrogens with zero attached hydrogens (tertiary/aromatic N) is 3. The van der Waals surface area contributed by atoms with Crippen molar-refractivity contribution in [2.75, 3.05) is 27.2 Å². The predicted molar refractivity (Wildman–Crippen MR) is 112 cm³/mol. The Hall–Kier alpha value is -2.44. The molecule has 3 heterocycles. The number of likely N-dealkylation sites (tertiary alicyclic amines) is 1. The Bertz CT molecular complexity index is 884. The van der Waals surface area contributed by atoms with Crippen molar-refractivity contribution >= 4 is 28.7 Å². The van der Waals surface area contributed by atoms with E-state index in [0.717, 1.165) is 36.4 Å². The first-order chi connectivity index (χ1) is 13.6. The first-order valence-corrected chi connectivity index (χ1v) is 10.5. The fourth-order valence-corrected chi connectivity index (χ4v) is 4.77. The number of carbonyl (C=O) groups excluding carboxylic acids is 2. The maximum Gasteiger partial charge on any atom is 0.278 e. The largest absolute Gasteiger partial charge is 0.366 e. The van der Waals surface area contributed by atoms with Crippen LogP contribution in [0.1, 0.15) is 23.3 Å². The average molecular weight is 396 g/mol. The molecule has 1 aromatic heterocycles. The summed E-state index contributed by atoms with van der Waals surface area (Å²) in [5, 5.41) is 1.95. The molecule has 0 aliphatic carbocycles. The van der Waals surface area contributed by atoms with Gasteiger partial charge in [-0.05, 0) is 50.0 Å². The second-order valence-corrected chi connectivity index (χ2v) is 8.48. The monoisotopic (exact) mass is 395 g/mol. The van der Waals surface area contributed by atoms with Gasteiger partial charge in [-0.25, -0.2) is 0 Å². The highest BCUT2D eigenvalue weighted by molar-refractivity contribution is 7.11. The molecule has 4 rings (SSSR count). The molecule has 2 aromatic rings. The summed E-state index contributed by atoms with van der Waals surface area (Å²) in [6.07, 6.45) is 1.99. The van der Waals surface area contributed by atoms with Crippen molar-refractivity contribution in [2.45, 2.75) is 25.4 Å². The Morgan fingerprint density at radius 3 is 2.39 bits per heavy atom. The molecule has 0 radical (unpaired) electrons. The summed E-state index contributed by atoms with van der Waals surface area (Å²) >= 11 is 1.51. The molecular formula is C22H25N3O2S. The van der Waals surface area contributed by atoms with Gasteiger partial charge in [0.05, 0.1) is 12.1 Å². The zero-order valence-electron chi connectivity index (χ0n) is 16.3. The zero-order valence-corrected chi connectivity index (χ0v) is 17.1. The highest BCUT2D eigenvalue weighted by Gasteiger charge is 2.42. The van der Waals surface area contributed by atoms with E-state index in [9.17, 15) is 9.59 Å². The lowest BCUT2D eigenvalue weighted by atomic mass is 10.0. The van der Waals surface area contributed by atoms with E-state index in [-0.39, 0.29) is 17.9 Å². The van der Waals surface area contributed by atoms with Gasteiger partial charge in [-0.15, -0.1) is 11.3 Å². The van der Waals surface area contributed by atoms with E-state index in [4.69, 9.17) is 0 Å². The maximum atomic E-state index is 13.4. The van der Waals surface area contributed by atoms with E-state index < -0.39 is 0 Å². The minimum atomic E-state index is -0.189. The summed E-state index contributed by atoms with van der Waals surface area (Å²) in [6.45, 7) is 2.32. The fraction of sp³-hybridized carbons (Fsp3) is 0.364. The minimum absolute atomic E-state index is 0.182. The molecule has 5 nitrogen and oxygen atoms in total. The topological polar surface area (TPSA) is 43.9 Å². The molecular weight excluding hydrogens is 370 g/mol. The number of amides is 2. The minimum Gasteiger partial charge on any atom is -0.366 e. The van der Waals surface area contributed by atoms with Crippen LogP contribution in [-0.2, 0) is 16.1 Å². The molecule has 146 valence electrons. The third-order valence-electron chi connectivity index (χ3n) is 5.68. The number of likely N-dealkylation sites (N-methyl/N-ethyl adjacent to an activating group) is 1. The van der Waals surface area contributed by atoms with Crippen molar-refractivity contribution in [3.8, 4) is 0 Å². The number of carbonyl (C=O) groups is 2. The van der Waals surface area contributed by atoms with Crippen LogP contribution in [0.4, 0.5) is 0 Å². The molecule has 0 bridgehead atoms. The van der Waals surface area contributed by atoms with E-state index in [0.29, 0.717) is 17.8 Å². The van der Waals surface area contributed by atoms with E-state index in [1.54, 1.807) is 0 Å². The van der Waals surface area contributed by atoms with Crippen LogP contribution in [0.15, 0.2) is 53.5 Å². The maximum absolute atomic E-state index is 13.4. The molecule has 28 heavy (non-hydrogen) atoms. The lowest BCUT2D eigenvalue weighted by Crippen LogP contribution is -2.43. The van der Waals surface area contributed by atoms with Gasteiger partial charge in [0.1, 0.15) is 5.70 Å². The van der Waals surface area contributed by atoms with Crippen molar-refractivity contribution in [1.29, 1.82) is 0 Å². The van der Waals surface area contributed by atoms with Crippen LogP contribution in [0, 0.1) is 0 Å². The van der Waals surface area contributed by atoms with Crippen LogP contribution in [0.5, 0.6) is 0 Å². The normalized spacial score (nSPS) is 19.0. The Morgan fingerprint density at radius 2 is 1.75 bits per heavy atom. The van der Waals surface area contributed by atoms with Crippen molar-refractivity contribution in [1.82, 2.24) is 14.7 Å². The van der Waals surface area contributed by atoms with Gasteiger partial charge in [0.15, 0.2) is 0 Å².